The summed E-state index contributed by atoms with van der Waals surface area (Å²) >= 11 is 0. The first-order valence-corrected chi connectivity index (χ1v) is 7.70. The average Bonchev–Trinajstić information content (AvgIpc) is 2.58. The monoisotopic (exact) mass is 294 g/mol. The molecule has 2 heteroatoms. The Kier molecular flexibility index (Phi) is 4.04. The highest BCUT2D eigenvalue weighted by Gasteiger charge is 2.38. The number of ether oxygens (including phenoxy) is 1. The van der Waals surface area contributed by atoms with E-state index in [4.69, 9.17) is 4.74 Å². The van der Waals surface area contributed by atoms with Crippen LogP contribution in [-0.2, 0) is 0 Å². The van der Waals surface area contributed by atoms with Crippen LogP contribution in [0.3, 0.4) is 0 Å². The Morgan fingerprint density at radius 1 is 1.05 bits per heavy atom. The van der Waals surface area contributed by atoms with Crippen molar-refractivity contribution in [1.82, 2.24) is 0 Å². The summed E-state index contributed by atoms with van der Waals surface area (Å²) < 4.78 is 5.26. The molecule has 0 amide bonds. The van der Waals surface area contributed by atoms with Gasteiger partial charge in [-0.05, 0) is 40.7 Å². The molecule has 0 saturated heterocycles. The number of rotatable bonds is 3. The minimum atomic E-state index is -0.436. The van der Waals surface area contributed by atoms with Gasteiger partial charge >= 0.3 is 0 Å². The fourth-order valence-electron chi connectivity index (χ4n) is 3.63. The van der Waals surface area contributed by atoms with Crippen LogP contribution < -0.4 is 4.74 Å². The lowest BCUT2D eigenvalue weighted by molar-refractivity contribution is 0.0775. The molecule has 0 aliphatic heterocycles. The number of hydrogen-bond acceptors (Lipinski definition) is 2. The van der Waals surface area contributed by atoms with Crippen molar-refractivity contribution in [2.75, 3.05) is 7.11 Å². The molecule has 4 atom stereocenters. The van der Waals surface area contributed by atoms with E-state index in [1.807, 2.05) is 36.4 Å². The molecule has 1 aliphatic rings. The second kappa shape index (κ2) is 5.98. The summed E-state index contributed by atoms with van der Waals surface area (Å²) in [6.07, 6.45) is 1.55. The van der Waals surface area contributed by atoms with E-state index in [0.29, 0.717) is 0 Å². The number of hydrogen-bond donors (Lipinski definition) is 1. The fraction of sp³-hybridized carbons (Fsp3) is 0.300. The molecular formula is C20H22O2. The van der Waals surface area contributed by atoms with Crippen molar-refractivity contribution < 1.29 is 9.84 Å². The number of allylic oxidation sites excluding steroid dienone is 1. The third-order valence-electron chi connectivity index (χ3n) is 4.89. The normalized spacial score (nSPS) is 27.0. The molecule has 114 valence electrons. The van der Waals surface area contributed by atoms with Crippen molar-refractivity contribution in [3.63, 3.8) is 0 Å². The molecule has 0 fully saturated rings. The zero-order valence-corrected chi connectivity index (χ0v) is 13.1. The van der Waals surface area contributed by atoms with E-state index in [2.05, 4.69) is 31.7 Å². The zero-order valence-electron chi connectivity index (χ0n) is 13.1. The summed E-state index contributed by atoms with van der Waals surface area (Å²) in [4.78, 5) is 0. The quantitative estimate of drug-likeness (QED) is 0.855. The molecule has 0 radical (unpaired) electrons. The standard InChI is InChI=1S/C20H22O2/c1-4-16-13(2)20(21)18-8-6-5-7-17(18)19(16)14-9-11-15(22-3)12-10-14/h4-13,16,19-21H,1H2,2-3H3/t13-,16+,19-,20-/m1/s1. The van der Waals surface area contributed by atoms with Crippen LogP contribution in [0.2, 0.25) is 0 Å². The summed E-state index contributed by atoms with van der Waals surface area (Å²) in [5.41, 5.74) is 3.47. The third-order valence-corrected chi connectivity index (χ3v) is 4.89. The lowest BCUT2D eigenvalue weighted by atomic mass is 9.66. The maximum absolute atomic E-state index is 10.6. The summed E-state index contributed by atoms with van der Waals surface area (Å²) in [5.74, 6) is 1.42. The minimum absolute atomic E-state index is 0.138. The van der Waals surface area contributed by atoms with Crippen molar-refractivity contribution in [3.8, 4) is 5.75 Å². The van der Waals surface area contributed by atoms with Gasteiger partial charge in [0.15, 0.2) is 0 Å². The molecule has 0 unspecified atom stereocenters. The van der Waals surface area contributed by atoms with Crippen LogP contribution in [0.25, 0.3) is 0 Å². The summed E-state index contributed by atoms with van der Waals surface area (Å²) in [5, 5.41) is 10.6. The molecule has 3 rings (SSSR count). The van der Waals surface area contributed by atoms with E-state index in [1.54, 1.807) is 7.11 Å². The first-order chi connectivity index (χ1) is 10.7. The average molecular weight is 294 g/mol. The number of fused-ring (bicyclic) bond motifs is 1. The molecular weight excluding hydrogens is 272 g/mol. The molecule has 2 aromatic carbocycles. The molecule has 0 aromatic heterocycles. The SMILES string of the molecule is C=C[C@@H]1[C@@H](c2ccc(OC)cc2)c2ccccc2[C@H](O)[C@@H]1C. The highest BCUT2D eigenvalue weighted by Crippen LogP contribution is 2.48. The maximum atomic E-state index is 10.6. The van der Waals surface area contributed by atoms with Gasteiger partial charge in [-0.3, -0.25) is 0 Å². The summed E-state index contributed by atoms with van der Waals surface area (Å²) in [6.45, 7) is 6.12. The van der Waals surface area contributed by atoms with Crippen molar-refractivity contribution >= 4 is 0 Å². The Morgan fingerprint density at radius 2 is 1.68 bits per heavy atom. The predicted octanol–water partition coefficient (Wildman–Crippen LogP) is 4.31. The van der Waals surface area contributed by atoms with Gasteiger partial charge in [0.1, 0.15) is 5.75 Å². The highest BCUT2D eigenvalue weighted by atomic mass is 16.5. The summed E-state index contributed by atoms with van der Waals surface area (Å²) in [6, 6.07) is 16.4. The topological polar surface area (TPSA) is 29.5 Å². The van der Waals surface area contributed by atoms with Gasteiger partial charge in [-0.25, -0.2) is 0 Å². The van der Waals surface area contributed by atoms with Gasteiger partial charge in [-0.2, -0.15) is 0 Å². The van der Waals surface area contributed by atoms with Crippen LogP contribution in [0.5, 0.6) is 5.75 Å². The fourth-order valence-corrected chi connectivity index (χ4v) is 3.63. The van der Waals surface area contributed by atoms with Gasteiger partial charge in [0.25, 0.3) is 0 Å². The maximum Gasteiger partial charge on any atom is 0.118 e. The van der Waals surface area contributed by atoms with E-state index >= 15 is 0 Å². The first kappa shape index (κ1) is 14.9. The zero-order chi connectivity index (χ0) is 15.7. The smallest absolute Gasteiger partial charge is 0.118 e. The Balaban J connectivity index is 2.13. The number of aliphatic hydroxyl groups is 1. The predicted molar refractivity (Wildman–Crippen MR) is 89.1 cm³/mol. The van der Waals surface area contributed by atoms with Crippen LogP contribution in [0.15, 0.2) is 61.2 Å². The van der Waals surface area contributed by atoms with E-state index < -0.39 is 6.10 Å². The van der Waals surface area contributed by atoms with Gasteiger partial charge in [-0.1, -0.05) is 49.4 Å². The largest absolute Gasteiger partial charge is 0.497 e. The van der Waals surface area contributed by atoms with Gasteiger partial charge < -0.3 is 9.84 Å². The molecule has 0 spiro atoms. The van der Waals surface area contributed by atoms with Crippen molar-refractivity contribution in [2.45, 2.75) is 18.9 Å². The molecule has 0 saturated carbocycles. The van der Waals surface area contributed by atoms with E-state index in [9.17, 15) is 5.11 Å². The Labute approximate surface area is 132 Å². The van der Waals surface area contributed by atoms with Crippen molar-refractivity contribution in [2.24, 2.45) is 11.8 Å². The molecule has 22 heavy (non-hydrogen) atoms. The van der Waals surface area contributed by atoms with E-state index in [-0.39, 0.29) is 17.8 Å². The van der Waals surface area contributed by atoms with Crippen molar-refractivity contribution in [1.29, 1.82) is 0 Å². The third kappa shape index (κ3) is 2.34. The van der Waals surface area contributed by atoms with Crippen LogP contribution in [-0.4, -0.2) is 12.2 Å². The molecule has 0 heterocycles. The lowest BCUT2D eigenvalue weighted by Crippen LogP contribution is -2.31. The van der Waals surface area contributed by atoms with Crippen LogP contribution in [0, 0.1) is 11.8 Å². The van der Waals surface area contributed by atoms with Crippen LogP contribution in [0.4, 0.5) is 0 Å². The number of aliphatic hydroxyl groups excluding tert-OH is 1. The van der Waals surface area contributed by atoms with E-state index in [0.717, 1.165) is 11.3 Å². The Morgan fingerprint density at radius 3 is 2.27 bits per heavy atom. The van der Waals surface area contributed by atoms with E-state index in [1.165, 1.54) is 11.1 Å². The summed E-state index contributed by atoms with van der Waals surface area (Å²) in [7, 11) is 1.68. The number of benzene rings is 2. The number of methoxy groups -OCH3 is 1. The van der Waals surface area contributed by atoms with Gasteiger partial charge in [0.05, 0.1) is 13.2 Å². The van der Waals surface area contributed by atoms with Gasteiger partial charge in [-0.15, -0.1) is 6.58 Å². The van der Waals surface area contributed by atoms with Gasteiger partial charge in [0, 0.05) is 5.92 Å². The van der Waals surface area contributed by atoms with Crippen LogP contribution >= 0.6 is 0 Å². The second-order valence-electron chi connectivity index (χ2n) is 6.00. The molecule has 0 bridgehead atoms. The van der Waals surface area contributed by atoms with Crippen LogP contribution in [0.1, 0.15) is 35.6 Å². The lowest BCUT2D eigenvalue weighted by Gasteiger charge is -2.40. The molecule has 2 aromatic rings. The highest BCUT2D eigenvalue weighted by molar-refractivity contribution is 5.44. The van der Waals surface area contributed by atoms with Crippen molar-refractivity contribution in [3.05, 3.63) is 77.9 Å². The van der Waals surface area contributed by atoms with Gasteiger partial charge in [0.2, 0.25) is 0 Å². The minimum Gasteiger partial charge on any atom is -0.497 e. The second-order valence-corrected chi connectivity index (χ2v) is 6.00. The Hall–Kier alpha value is -2.06. The Bertz CT molecular complexity index is 660. The molecule has 1 N–H and O–H groups in total. The molecule has 1 aliphatic carbocycles. The first-order valence-electron chi connectivity index (χ1n) is 7.70. The molecule has 2 nitrogen and oxygen atoms in total.